The van der Waals surface area contributed by atoms with E-state index in [1.54, 1.807) is 0 Å². The Kier molecular flexibility index (Phi) is 1.59. The lowest BCUT2D eigenvalue weighted by Gasteiger charge is -2.08. The van der Waals surface area contributed by atoms with Crippen molar-refractivity contribution in [2.45, 2.75) is 0 Å². The largest absolute Gasteiger partial charge is 0.493 e. The van der Waals surface area contributed by atoms with Gasteiger partial charge >= 0.3 is 5.97 Å². The molecule has 0 radical (unpaired) electrons. The number of nitrogens with zero attached hydrogens (tertiary/aromatic N) is 1. The molecule has 0 fully saturated rings. The molecule has 0 spiro atoms. The first-order chi connectivity index (χ1) is 9.80. The maximum Gasteiger partial charge on any atom is 0.342 e. The van der Waals surface area contributed by atoms with Crippen LogP contribution in [0.25, 0.3) is 0 Å². The number of benzene rings is 1. The number of ether oxygens (including phenoxy) is 2. The lowest BCUT2D eigenvalue weighted by molar-refractivity contribution is -0.385. The lowest BCUT2D eigenvalue weighted by atomic mass is 10.1. The van der Waals surface area contributed by atoms with Crippen molar-refractivity contribution in [1.29, 1.82) is 0 Å². The van der Waals surface area contributed by atoms with E-state index in [4.69, 9.17) is 13.3 Å². The number of nitro benzene ring substituents is 1. The predicted octanol–water partition coefficient (Wildman–Crippen LogP) is 1.31. The van der Waals surface area contributed by atoms with Gasteiger partial charge in [-0.2, -0.15) is 0 Å². The minimum absolute atomic E-state index is 0.483. The zero-order chi connectivity index (χ0) is 17.3. The molecule has 16 heavy (non-hydrogen) atoms. The number of carboxylic acid groups (broad SMARTS) is 1. The van der Waals surface area contributed by atoms with E-state index in [0.717, 1.165) is 0 Å². The van der Waals surface area contributed by atoms with E-state index in [1.165, 1.54) is 0 Å². The Bertz CT molecular complexity index is 557. The molecule has 0 saturated heterocycles. The fraction of sp³-hybridized carbons (Fsp3) is 0.222. The fourth-order valence-corrected chi connectivity index (χ4v) is 1.03. The van der Waals surface area contributed by atoms with Crippen LogP contribution < -0.4 is 9.47 Å². The molecule has 0 aliphatic carbocycles. The van der Waals surface area contributed by atoms with Crippen LogP contribution in [0.15, 0.2) is 12.1 Å². The Morgan fingerprint density at radius 1 is 1.44 bits per heavy atom. The molecule has 0 unspecified atom stereocenters. The van der Waals surface area contributed by atoms with Crippen molar-refractivity contribution < 1.29 is 32.5 Å². The lowest BCUT2D eigenvalue weighted by Crippen LogP contribution is -2.04. The third-order valence-corrected chi connectivity index (χ3v) is 1.71. The first-order valence-electron chi connectivity index (χ1n) is 6.74. The summed E-state index contributed by atoms with van der Waals surface area (Å²) in [6, 6.07) is 1.00. The first-order valence-corrected chi connectivity index (χ1v) is 3.74. The summed E-state index contributed by atoms with van der Waals surface area (Å²) in [7, 11) is -6.09. The van der Waals surface area contributed by atoms with Crippen molar-refractivity contribution >= 4 is 11.7 Å². The number of carbonyl (C=O) groups is 1. The number of carboxylic acids is 1. The molecule has 0 atom stereocenters. The van der Waals surface area contributed by atoms with E-state index in [1.807, 2.05) is 0 Å². The quantitative estimate of drug-likeness (QED) is 0.621. The summed E-state index contributed by atoms with van der Waals surface area (Å²) in [6.07, 6.45) is 0. The third-order valence-electron chi connectivity index (χ3n) is 1.71. The van der Waals surface area contributed by atoms with E-state index in [2.05, 4.69) is 9.47 Å². The van der Waals surface area contributed by atoms with Crippen LogP contribution in [0, 0.1) is 10.1 Å². The van der Waals surface area contributed by atoms with Crippen LogP contribution in [0.1, 0.15) is 18.6 Å². The molecule has 0 aliphatic heterocycles. The van der Waals surface area contributed by atoms with Crippen LogP contribution in [-0.2, 0) is 0 Å². The Morgan fingerprint density at radius 3 is 2.44 bits per heavy atom. The highest BCUT2D eigenvalue weighted by molar-refractivity contribution is 5.93. The molecule has 1 rings (SSSR count). The van der Waals surface area contributed by atoms with E-state index < -0.39 is 47.7 Å². The molecule has 1 aromatic rings. The van der Waals surface area contributed by atoms with Gasteiger partial charge in [-0.15, -0.1) is 0 Å². The summed E-state index contributed by atoms with van der Waals surface area (Å²) in [5.74, 6) is -3.27. The Balaban J connectivity index is 3.53. The monoisotopic (exact) mass is 233 g/mol. The molecule has 86 valence electrons. The van der Waals surface area contributed by atoms with Gasteiger partial charge in [-0.25, -0.2) is 4.79 Å². The summed E-state index contributed by atoms with van der Waals surface area (Å²) in [5.41, 5.74) is -1.84. The van der Waals surface area contributed by atoms with Gasteiger partial charge in [0, 0.05) is 6.07 Å². The maximum absolute atomic E-state index is 11.0. The topological polar surface area (TPSA) is 98.9 Å². The van der Waals surface area contributed by atoms with Gasteiger partial charge in [0.05, 0.1) is 33.3 Å². The van der Waals surface area contributed by atoms with Gasteiger partial charge in [-0.05, 0) is 0 Å². The molecule has 7 nitrogen and oxygen atoms in total. The normalized spacial score (nSPS) is 16.8. The number of rotatable bonds is 4. The minimum atomic E-state index is -3.05. The Labute approximate surface area is 98.8 Å². The van der Waals surface area contributed by atoms with Crippen molar-refractivity contribution in [2.24, 2.45) is 0 Å². The van der Waals surface area contributed by atoms with Gasteiger partial charge in [-0.3, -0.25) is 10.1 Å². The second kappa shape index (κ2) is 4.47. The second-order valence-electron chi connectivity index (χ2n) is 2.58. The van der Waals surface area contributed by atoms with Gasteiger partial charge in [0.15, 0.2) is 11.5 Å². The molecule has 0 bridgehead atoms. The Hall–Kier alpha value is -2.31. The van der Waals surface area contributed by atoms with Crippen molar-refractivity contribution in [3.05, 3.63) is 27.8 Å². The molecule has 1 N–H and O–H groups in total. The molecule has 0 aliphatic rings. The van der Waals surface area contributed by atoms with E-state index >= 15 is 0 Å². The summed E-state index contributed by atoms with van der Waals surface area (Å²) in [5, 5.41) is 19.7. The van der Waals surface area contributed by atoms with Crippen LogP contribution in [-0.4, -0.2) is 30.1 Å². The van der Waals surface area contributed by atoms with E-state index in [0.29, 0.717) is 12.1 Å². The summed E-state index contributed by atoms with van der Waals surface area (Å²) >= 11 is 0. The second-order valence-corrected chi connectivity index (χ2v) is 2.58. The number of aromatic carboxylic acids is 1. The maximum atomic E-state index is 11.0. The van der Waals surface area contributed by atoms with Gasteiger partial charge in [-0.1, -0.05) is 0 Å². The van der Waals surface area contributed by atoms with Gasteiger partial charge in [0.25, 0.3) is 5.69 Å². The SMILES string of the molecule is [2H]C([2H])([2H])Oc1cc(C(=O)O)c([N+](=O)[O-])cc1OC([2H])([2H])[2H]. The highest BCUT2D eigenvalue weighted by Crippen LogP contribution is 2.34. The van der Waals surface area contributed by atoms with Gasteiger partial charge < -0.3 is 14.6 Å². The highest BCUT2D eigenvalue weighted by atomic mass is 16.6. The van der Waals surface area contributed by atoms with Crippen LogP contribution in [0.3, 0.4) is 0 Å². The van der Waals surface area contributed by atoms with Crippen LogP contribution >= 0.6 is 0 Å². The van der Waals surface area contributed by atoms with Crippen molar-refractivity contribution in [1.82, 2.24) is 0 Å². The number of nitro groups is 1. The number of methoxy groups -OCH3 is 2. The fourth-order valence-electron chi connectivity index (χ4n) is 1.03. The smallest absolute Gasteiger partial charge is 0.342 e. The summed E-state index contributed by atoms with van der Waals surface area (Å²) in [6.45, 7) is 0. The Morgan fingerprint density at radius 2 is 2.00 bits per heavy atom. The average Bonchev–Trinajstić information content (AvgIpc) is 2.26. The predicted molar refractivity (Wildman–Crippen MR) is 53.2 cm³/mol. The van der Waals surface area contributed by atoms with E-state index in [-0.39, 0.29) is 0 Å². The molecule has 0 amide bonds. The zero-order valence-corrected chi connectivity index (χ0v) is 7.59. The third kappa shape index (κ3) is 2.02. The first kappa shape index (κ1) is 5.69. The molecular weight excluding hydrogens is 218 g/mol. The molecule has 0 aromatic heterocycles. The molecule has 7 heteroatoms. The van der Waals surface area contributed by atoms with Crippen molar-refractivity contribution in [3.63, 3.8) is 0 Å². The van der Waals surface area contributed by atoms with Crippen LogP contribution in [0.2, 0.25) is 0 Å². The minimum Gasteiger partial charge on any atom is -0.493 e. The van der Waals surface area contributed by atoms with Gasteiger partial charge in [0.1, 0.15) is 5.56 Å². The van der Waals surface area contributed by atoms with Crippen molar-refractivity contribution in [3.8, 4) is 11.5 Å². The van der Waals surface area contributed by atoms with Crippen LogP contribution in [0.4, 0.5) is 5.69 Å². The molecule has 0 heterocycles. The summed E-state index contributed by atoms with van der Waals surface area (Å²) in [4.78, 5) is 20.7. The summed E-state index contributed by atoms with van der Waals surface area (Å²) < 4.78 is 50.5. The molecular formula is C9H9NO6. The zero-order valence-electron chi connectivity index (χ0n) is 13.6. The molecule has 0 saturated carbocycles. The van der Waals surface area contributed by atoms with Gasteiger partial charge in [0.2, 0.25) is 0 Å². The van der Waals surface area contributed by atoms with E-state index in [9.17, 15) is 14.9 Å². The standard InChI is InChI=1S/C9H9NO6/c1-15-7-3-5(9(11)12)6(10(13)14)4-8(7)16-2/h3-4H,1-2H3,(H,11,12)/i1D3,2D3. The molecule has 1 aromatic carbocycles. The number of hydrogen-bond donors (Lipinski definition) is 1. The highest BCUT2D eigenvalue weighted by Gasteiger charge is 2.23. The van der Waals surface area contributed by atoms with Crippen molar-refractivity contribution in [2.75, 3.05) is 14.1 Å². The average molecular weight is 233 g/mol. The number of hydrogen-bond acceptors (Lipinski definition) is 5. The van der Waals surface area contributed by atoms with Crippen LogP contribution in [0.5, 0.6) is 11.5 Å².